The van der Waals surface area contributed by atoms with Crippen LogP contribution in [0.25, 0.3) is 0 Å². The fourth-order valence-electron chi connectivity index (χ4n) is 8.72. The zero-order valence-corrected chi connectivity index (χ0v) is 39.0. The Labute approximate surface area is 338 Å². The first-order valence-corrected chi connectivity index (χ1v) is 29.4. The Bertz CT molecular complexity index is 1850. The zero-order chi connectivity index (χ0) is 39.3. The summed E-state index contributed by atoms with van der Waals surface area (Å²) in [6.07, 6.45) is -0.458. The van der Waals surface area contributed by atoms with Crippen LogP contribution in [0.4, 0.5) is 11.4 Å². The fraction of sp³-hybridized carbons (Fsp3) is 0.512. The molecule has 3 aliphatic heterocycles. The van der Waals surface area contributed by atoms with Crippen molar-refractivity contribution in [2.45, 2.75) is 125 Å². The average Bonchev–Trinajstić information content (AvgIpc) is 3.67. The van der Waals surface area contributed by atoms with E-state index >= 15 is 0 Å². The number of hydrogen-bond donors (Lipinski definition) is 0. The molecule has 7 unspecified atom stereocenters. The van der Waals surface area contributed by atoms with Gasteiger partial charge in [0.1, 0.15) is 0 Å². The van der Waals surface area contributed by atoms with E-state index in [0.717, 1.165) is 23.9 Å². The first-order valence-electron chi connectivity index (χ1n) is 18.9. The second-order valence-electron chi connectivity index (χ2n) is 16.1. The standard InChI is InChI=1S/C41H57N2O6Si2.2ClH.Ru/c1-25(2)45-37-15-14-36(20-28(37)5)44-24-51(13)47-34(11)41(49-51)40-33(10)46-50(12,48-40)22-35-21-42(38-29(6)16-26(3)17-30(38)7)23-43(35)39-31(8)18-27(4)19-32(39)9;;;/h5,14-20,23,25,33-35,40-41H,21-22,24H2,1-4,6-13H3;2*1H;/q-1;;;+2/p-2. The number of benzene rings is 3. The molecule has 7 atom stereocenters. The smallest absolute Gasteiger partial charge is 0.00819 e. The molecule has 3 aromatic rings. The van der Waals surface area contributed by atoms with Crippen molar-refractivity contribution in [2.24, 2.45) is 0 Å². The monoisotopic (exact) mass is 901 g/mol. The van der Waals surface area contributed by atoms with E-state index in [1.54, 1.807) is 0 Å². The Morgan fingerprint density at radius 3 is 1.91 bits per heavy atom. The summed E-state index contributed by atoms with van der Waals surface area (Å²) in [4.78, 5) is 4.92. The van der Waals surface area contributed by atoms with Crippen molar-refractivity contribution in [2.75, 3.05) is 22.6 Å². The molecule has 0 bridgehead atoms. The van der Waals surface area contributed by atoms with Gasteiger partial charge in [-0.2, -0.15) is 6.67 Å². The molecule has 3 aliphatic rings. The molecular formula is C41H57Cl2N2O6RuSi2-. The number of halogens is 2. The number of nitrogens with zero attached hydrogens (tertiary/aromatic N) is 2. The molecule has 0 aliphatic carbocycles. The second kappa shape index (κ2) is 16.6. The first-order chi connectivity index (χ1) is 25.3. The molecule has 0 N–H and O–H groups in total. The van der Waals surface area contributed by atoms with Gasteiger partial charge in [0.2, 0.25) is 0 Å². The summed E-state index contributed by atoms with van der Waals surface area (Å²) in [6.45, 7) is 28.8. The maximum Gasteiger partial charge on any atom is 0.00819 e. The fourth-order valence-corrected chi connectivity index (χ4v) is 16.2. The summed E-state index contributed by atoms with van der Waals surface area (Å²) < 4.78 is 41.6. The third-order valence-corrected chi connectivity index (χ3v) is 17.4. The van der Waals surface area contributed by atoms with Crippen molar-refractivity contribution in [3.05, 3.63) is 88.1 Å². The number of hydrogen-bond acceptors (Lipinski definition) is 8. The van der Waals surface area contributed by atoms with Crippen LogP contribution < -0.4 is 19.3 Å². The topological polar surface area (TPSA) is 61.9 Å². The van der Waals surface area contributed by atoms with Crippen LogP contribution >= 0.6 is 19.4 Å². The van der Waals surface area contributed by atoms with Crippen LogP contribution in [0.2, 0.25) is 19.1 Å². The average molecular weight is 902 g/mol. The summed E-state index contributed by atoms with van der Waals surface area (Å²) >= 11 is -2.08. The van der Waals surface area contributed by atoms with E-state index in [9.17, 15) is 0 Å². The first kappa shape index (κ1) is 41.8. The van der Waals surface area contributed by atoms with Crippen LogP contribution in [0, 0.1) is 48.2 Å². The van der Waals surface area contributed by atoms with Crippen molar-refractivity contribution in [3.63, 3.8) is 0 Å². The Morgan fingerprint density at radius 2 is 1.35 bits per heavy atom. The van der Waals surface area contributed by atoms with E-state index in [1.165, 1.54) is 44.8 Å². The molecule has 0 spiro atoms. The van der Waals surface area contributed by atoms with Crippen molar-refractivity contribution in [3.8, 4) is 11.5 Å². The quantitative estimate of drug-likeness (QED) is 0.139. The van der Waals surface area contributed by atoms with Crippen LogP contribution in [-0.2, 0) is 31.2 Å². The van der Waals surface area contributed by atoms with Gasteiger partial charge >= 0.3 is 188 Å². The van der Waals surface area contributed by atoms with Crippen LogP contribution in [0.3, 0.4) is 0 Å². The van der Waals surface area contributed by atoms with Gasteiger partial charge in [-0.3, -0.25) is 0 Å². The molecule has 0 amide bonds. The van der Waals surface area contributed by atoms with E-state index in [4.69, 9.17) is 46.6 Å². The van der Waals surface area contributed by atoms with Crippen molar-refractivity contribution < 1.29 is 40.7 Å². The minimum Gasteiger partial charge on any atom is -0.0544 e. The minimum absolute atomic E-state index is 0.0215. The molecule has 3 saturated heterocycles. The molecule has 298 valence electrons. The van der Waals surface area contributed by atoms with Gasteiger partial charge in [-0.25, -0.2) is 0 Å². The maximum absolute atomic E-state index is 7.09. The largest absolute Gasteiger partial charge is 0.0544 e. The third kappa shape index (κ3) is 9.32. The summed E-state index contributed by atoms with van der Waals surface area (Å²) in [5, 5.41) is 0. The Hall–Kier alpha value is -1.79. The van der Waals surface area contributed by atoms with Crippen molar-refractivity contribution >= 4 is 52.5 Å². The Balaban J connectivity index is 1.18. The predicted octanol–water partition coefficient (Wildman–Crippen LogP) is 9.58. The van der Waals surface area contributed by atoms with Gasteiger partial charge in [0.15, 0.2) is 0 Å². The number of ether oxygens (including phenoxy) is 2. The predicted molar refractivity (Wildman–Crippen MR) is 223 cm³/mol. The minimum atomic E-state index is -2.74. The number of aryl methyl sites for hydroxylation is 6. The molecule has 0 aromatic heterocycles. The molecule has 8 nitrogen and oxygen atoms in total. The molecule has 3 fully saturated rings. The van der Waals surface area contributed by atoms with Crippen LogP contribution in [-0.4, -0.2) is 71.1 Å². The second-order valence-corrected chi connectivity index (χ2v) is 28.0. The Morgan fingerprint density at radius 1 is 0.815 bits per heavy atom. The number of anilines is 2. The summed E-state index contributed by atoms with van der Waals surface area (Å²) in [5.74, 6) is 1.42. The van der Waals surface area contributed by atoms with Crippen LogP contribution in [0.1, 0.15) is 66.6 Å². The van der Waals surface area contributed by atoms with Gasteiger partial charge in [-0.05, 0) is 70.3 Å². The summed E-state index contributed by atoms with van der Waals surface area (Å²) in [6, 6.07) is 15.8. The molecule has 0 radical (unpaired) electrons. The molecule has 0 saturated carbocycles. The molecule has 3 heterocycles. The van der Waals surface area contributed by atoms with Gasteiger partial charge in [0, 0.05) is 30.0 Å². The van der Waals surface area contributed by atoms with Gasteiger partial charge in [0.25, 0.3) is 0 Å². The summed E-state index contributed by atoms with van der Waals surface area (Å²) in [7, 11) is 7.06. The Kier molecular flexibility index (Phi) is 12.9. The van der Waals surface area contributed by atoms with E-state index in [-0.39, 0.29) is 36.6 Å². The molecule has 13 heteroatoms. The number of rotatable bonds is 11. The molecular weight excluding hydrogens is 845 g/mol. The van der Waals surface area contributed by atoms with E-state index in [0.29, 0.717) is 12.0 Å². The van der Waals surface area contributed by atoms with Gasteiger partial charge in [-0.15, -0.1) is 0 Å². The van der Waals surface area contributed by atoms with Crippen LogP contribution in [0.15, 0.2) is 42.5 Å². The van der Waals surface area contributed by atoms with E-state index < -0.39 is 30.6 Å². The van der Waals surface area contributed by atoms with Crippen molar-refractivity contribution in [1.82, 2.24) is 0 Å². The molecule has 3 aromatic carbocycles. The van der Waals surface area contributed by atoms with Crippen LogP contribution in [0.5, 0.6) is 11.5 Å². The SMILES string of the molecule is Cc1cc(C)c(N2[CH-]N(c3c(C)cc(C)cc3C)C(C[Si]3(C)OC(C)C(C4O[Si](C)(COc5ccc(OC(C)C)c([CH]=[Ru]([Cl])[Cl])c5)OC4C)O3)C2)c(C)c1. The van der Waals surface area contributed by atoms with E-state index in [2.05, 4.69) is 109 Å². The van der Waals surface area contributed by atoms with Crippen molar-refractivity contribution in [1.29, 1.82) is 0 Å². The molecule has 54 heavy (non-hydrogen) atoms. The van der Waals surface area contributed by atoms with Gasteiger partial charge in [-0.1, -0.05) is 35.4 Å². The normalized spacial score (nSPS) is 28.6. The van der Waals surface area contributed by atoms with Gasteiger partial charge < -0.3 is 9.80 Å². The zero-order valence-electron chi connectivity index (χ0n) is 33.7. The third-order valence-electron chi connectivity index (χ3n) is 10.4. The summed E-state index contributed by atoms with van der Waals surface area (Å²) in [5.41, 5.74) is 11.0. The maximum atomic E-state index is 7.09. The van der Waals surface area contributed by atoms with E-state index in [1.807, 2.05) is 36.7 Å². The molecule has 6 rings (SSSR count). The van der Waals surface area contributed by atoms with Gasteiger partial charge in [0.05, 0.1) is 0 Å².